The number of carboxylic acid groups (broad SMARTS) is 1. The van der Waals surface area contributed by atoms with Crippen LogP contribution in [-0.4, -0.2) is 47.3 Å². The maximum absolute atomic E-state index is 13.4. The third kappa shape index (κ3) is 3.58. The quantitative estimate of drug-likeness (QED) is 0.305. The highest BCUT2D eigenvalue weighted by Gasteiger charge is 2.74. The Kier molecular flexibility index (Phi) is 5.86. The van der Waals surface area contributed by atoms with Crippen LogP contribution >= 0.6 is 0 Å². The first kappa shape index (κ1) is 22.8. The molecule has 0 radical (unpaired) electrons. The molecule has 3 aliphatic rings. The molecule has 31 heavy (non-hydrogen) atoms. The molecule has 1 heterocycles. The number of aliphatic carboxylic acids is 1. The molecule has 0 amide bonds. The largest absolute Gasteiger partial charge is 0.478 e. The van der Waals surface area contributed by atoms with Gasteiger partial charge in [-0.2, -0.15) is 0 Å². The monoisotopic (exact) mass is 432 g/mol. The molecule has 8 heteroatoms. The molecular formula is C23H28O8. The van der Waals surface area contributed by atoms with Gasteiger partial charge in [0, 0.05) is 24.0 Å². The maximum atomic E-state index is 13.4. The van der Waals surface area contributed by atoms with Crippen LogP contribution in [0.3, 0.4) is 0 Å². The van der Waals surface area contributed by atoms with Crippen molar-refractivity contribution in [1.29, 1.82) is 0 Å². The zero-order valence-electron chi connectivity index (χ0n) is 18.2. The molecule has 2 aliphatic carbocycles. The molecule has 1 N–H and O–H groups in total. The highest BCUT2D eigenvalue weighted by molar-refractivity contribution is 5.89. The number of methoxy groups -OCH3 is 1. The second-order valence-electron chi connectivity index (χ2n) is 8.67. The molecule has 4 atom stereocenters. The first-order valence-corrected chi connectivity index (χ1v) is 10.3. The van der Waals surface area contributed by atoms with E-state index in [4.69, 9.17) is 19.3 Å². The zero-order valence-corrected chi connectivity index (χ0v) is 18.2. The van der Waals surface area contributed by atoms with Crippen LogP contribution in [0.15, 0.2) is 35.5 Å². The summed E-state index contributed by atoms with van der Waals surface area (Å²) in [6.45, 7) is 4.53. The topological polar surface area (TPSA) is 116 Å². The van der Waals surface area contributed by atoms with E-state index in [-0.39, 0.29) is 17.9 Å². The number of hydrogen-bond acceptors (Lipinski definition) is 7. The minimum absolute atomic E-state index is 0.138. The Balaban J connectivity index is 2.07. The van der Waals surface area contributed by atoms with Crippen molar-refractivity contribution in [3.8, 4) is 0 Å². The summed E-state index contributed by atoms with van der Waals surface area (Å²) in [4.78, 5) is 48.8. The van der Waals surface area contributed by atoms with E-state index in [1.807, 2.05) is 0 Å². The molecule has 3 rings (SSSR count). The van der Waals surface area contributed by atoms with Crippen LogP contribution in [0.25, 0.3) is 0 Å². The summed E-state index contributed by atoms with van der Waals surface area (Å²) in [7, 11) is 1.30. The molecule has 2 unspecified atom stereocenters. The Morgan fingerprint density at radius 3 is 2.58 bits per heavy atom. The second-order valence-corrected chi connectivity index (χ2v) is 8.67. The zero-order chi connectivity index (χ0) is 23.0. The highest BCUT2D eigenvalue weighted by atomic mass is 16.6. The van der Waals surface area contributed by atoms with Crippen molar-refractivity contribution >= 4 is 23.9 Å². The van der Waals surface area contributed by atoms with Gasteiger partial charge < -0.3 is 19.3 Å². The summed E-state index contributed by atoms with van der Waals surface area (Å²) in [5.74, 6) is -2.83. The van der Waals surface area contributed by atoms with Crippen molar-refractivity contribution in [2.45, 2.75) is 64.1 Å². The van der Waals surface area contributed by atoms with E-state index in [1.165, 1.54) is 27.0 Å². The first-order chi connectivity index (χ1) is 14.5. The lowest BCUT2D eigenvalue weighted by molar-refractivity contribution is -0.235. The summed E-state index contributed by atoms with van der Waals surface area (Å²) in [6, 6.07) is 0. The fraction of sp³-hybridized carbons (Fsp3) is 0.565. The number of rotatable bonds is 5. The van der Waals surface area contributed by atoms with Crippen LogP contribution in [0.1, 0.15) is 52.9 Å². The lowest BCUT2D eigenvalue weighted by atomic mass is 9.62. The van der Waals surface area contributed by atoms with Crippen LogP contribution in [0.5, 0.6) is 0 Å². The molecule has 1 saturated heterocycles. The molecule has 0 aromatic carbocycles. The van der Waals surface area contributed by atoms with E-state index in [1.54, 1.807) is 25.2 Å². The number of allylic oxidation sites excluding steroid dienone is 3. The van der Waals surface area contributed by atoms with Crippen molar-refractivity contribution in [2.24, 2.45) is 11.3 Å². The number of ether oxygens (including phenoxy) is 3. The van der Waals surface area contributed by atoms with Crippen LogP contribution in [0.4, 0.5) is 0 Å². The van der Waals surface area contributed by atoms with Gasteiger partial charge in [-0.25, -0.2) is 9.59 Å². The van der Waals surface area contributed by atoms with Gasteiger partial charge in [0.25, 0.3) is 0 Å². The molecule has 0 aromatic rings. The van der Waals surface area contributed by atoms with Gasteiger partial charge in [-0.15, -0.1) is 0 Å². The summed E-state index contributed by atoms with van der Waals surface area (Å²) in [6.07, 6.45) is 8.21. The van der Waals surface area contributed by atoms with E-state index in [2.05, 4.69) is 0 Å². The van der Waals surface area contributed by atoms with E-state index in [0.29, 0.717) is 31.3 Å². The summed E-state index contributed by atoms with van der Waals surface area (Å²) < 4.78 is 16.7. The minimum atomic E-state index is -1.13. The molecule has 2 fully saturated rings. The molecule has 168 valence electrons. The number of carbonyl (C=O) groups excluding carboxylic acids is 3. The lowest BCUT2D eigenvalue weighted by Gasteiger charge is -2.54. The predicted octanol–water partition coefficient (Wildman–Crippen LogP) is 2.87. The molecular weight excluding hydrogens is 404 g/mol. The third-order valence-electron chi connectivity index (χ3n) is 6.97. The fourth-order valence-corrected chi connectivity index (χ4v) is 5.45. The SMILES string of the molecule is COC(=O)C1=CC[C@@]23CCC(C(C)(/C=C/C=C(\C)C(=O)O)OC2=O)[C@@]3(OC(C)=O)CC1. The van der Waals surface area contributed by atoms with Gasteiger partial charge in [-0.3, -0.25) is 9.59 Å². The molecule has 1 aliphatic heterocycles. The van der Waals surface area contributed by atoms with Crippen LogP contribution in [0, 0.1) is 11.3 Å². The van der Waals surface area contributed by atoms with Crippen LogP contribution in [-0.2, 0) is 33.4 Å². The lowest BCUT2D eigenvalue weighted by Crippen LogP contribution is -2.65. The minimum Gasteiger partial charge on any atom is -0.478 e. The number of hydrogen-bond donors (Lipinski definition) is 1. The normalized spacial score (nSPS) is 35.0. The van der Waals surface area contributed by atoms with Crippen LogP contribution in [0.2, 0.25) is 0 Å². The Morgan fingerprint density at radius 2 is 1.97 bits per heavy atom. The Hall–Kier alpha value is -2.90. The number of esters is 3. The molecule has 8 nitrogen and oxygen atoms in total. The van der Waals surface area contributed by atoms with Crippen molar-refractivity contribution in [3.63, 3.8) is 0 Å². The molecule has 0 spiro atoms. The van der Waals surface area contributed by atoms with Crippen molar-refractivity contribution < 1.29 is 38.5 Å². The summed E-state index contributed by atoms with van der Waals surface area (Å²) in [5, 5.41) is 9.06. The molecule has 1 saturated carbocycles. The Bertz CT molecular complexity index is 913. The Morgan fingerprint density at radius 1 is 1.26 bits per heavy atom. The predicted molar refractivity (Wildman–Crippen MR) is 109 cm³/mol. The van der Waals surface area contributed by atoms with Gasteiger partial charge in [-0.05, 0) is 52.0 Å². The third-order valence-corrected chi connectivity index (χ3v) is 6.97. The summed E-state index contributed by atoms with van der Waals surface area (Å²) in [5.41, 5.74) is -2.71. The van der Waals surface area contributed by atoms with Gasteiger partial charge in [0.15, 0.2) is 0 Å². The van der Waals surface area contributed by atoms with Crippen LogP contribution < -0.4 is 0 Å². The number of carbonyl (C=O) groups is 4. The van der Waals surface area contributed by atoms with Gasteiger partial charge in [0.05, 0.1) is 7.11 Å². The Labute approximate surface area is 180 Å². The molecule has 2 bridgehead atoms. The van der Waals surface area contributed by atoms with E-state index < -0.39 is 40.5 Å². The van der Waals surface area contributed by atoms with E-state index in [9.17, 15) is 19.2 Å². The van der Waals surface area contributed by atoms with Gasteiger partial charge >= 0.3 is 23.9 Å². The van der Waals surface area contributed by atoms with Crippen molar-refractivity contribution in [1.82, 2.24) is 0 Å². The van der Waals surface area contributed by atoms with Crippen molar-refractivity contribution in [2.75, 3.05) is 7.11 Å². The second kappa shape index (κ2) is 7.98. The molecule has 0 aromatic heterocycles. The standard InChI is InChI=1S/C23H28O8/c1-14(18(25)26)6-5-10-21(3)17-9-12-22(20(28)31-21)11-7-16(19(27)29-4)8-13-23(17,22)30-15(2)24/h5-7,10,17H,8-9,11-13H2,1-4H3,(H,25,26)/b10-5+,14-6+/t17?,21?,22-,23+/m1/s1. The van der Waals surface area contributed by atoms with E-state index >= 15 is 0 Å². The van der Waals surface area contributed by atoms with E-state index in [0.717, 1.165) is 0 Å². The fourth-order valence-electron chi connectivity index (χ4n) is 5.45. The van der Waals surface area contributed by atoms with Gasteiger partial charge in [-0.1, -0.05) is 18.2 Å². The number of carboxylic acids is 1. The van der Waals surface area contributed by atoms with Crippen molar-refractivity contribution in [3.05, 3.63) is 35.5 Å². The average Bonchev–Trinajstić information content (AvgIpc) is 2.84. The maximum Gasteiger partial charge on any atom is 0.333 e. The highest BCUT2D eigenvalue weighted by Crippen LogP contribution is 2.65. The summed E-state index contributed by atoms with van der Waals surface area (Å²) >= 11 is 0. The smallest absolute Gasteiger partial charge is 0.333 e. The van der Waals surface area contributed by atoms with Gasteiger partial charge in [0.2, 0.25) is 0 Å². The van der Waals surface area contributed by atoms with Gasteiger partial charge in [0.1, 0.15) is 16.6 Å². The first-order valence-electron chi connectivity index (χ1n) is 10.3. The average molecular weight is 432 g/mol. The number of cyclic esters (lactones) is 1.